The number of carboxylic acids is 1. The largest absolute Gasteiger partial charge is 0.480 e. The number of nitrogens with zero attached hydrogens (tertiary/aromatic N) is 1. The molecule has 3 N–H and O–H groups in total. The lowest BCUT2D eigenvalue weighted by atomic mass is 10.4. The summed E-state index contributed by atoms with van der Waals surface area (Å²) < 4.78 is 38.4. The number of alkyl halides is 3. The molecule has 0 heterocycles. The molecule has 11 heteroatoms. The lowest BCUT2D eigenvalue weighted by molar-refractivity contribution is -0.192. The number of hydrogen-bond donors (Lipinski definition) is 3. The molecule has 130 valence electrons. The van der Waals surface area contributed by atoms with Crippen LogP contribution < -0.4 is 10.6 Å². The molecule has 0 aromatic carbocycles. The average molecular weight is 363 g/mol. The van der Waals surface area contributed by atoms with E-state index in [2.05, 4.69) is 10.6 Å². The molecule has 1 unspecified atom stereocenters. The molecule has 6 nitrogen and oxygen atoms in total. The second-order valence-electron chi connectivity index (χ2n) is 4.52. The minimum atomic E-state index is -5.17. The first kappa shape index (κ1) is 21.3. The highest BCUT2D eigenvalue weighted by atomic mass is 32.4. The fourth-order valence-corrected chi connectivity index (χ4v) is 3.35. The zero-order chi connectivity index (χ0) is 17.4. The fourth-order valence-electron chi connectivity index (χ4n) is 1.68. The summed E-state index contributed by atoms with van der Waals surface area (Å²) >= 11 is 4.99. The third-order valence-electron chi connectivity index (χ3n) is 2.67. The van der Waals surface area contributed by atoms with Gasteiger partial charge >= 0.3 is 18.1 Å². The Bertz CT molecular complexity index is 402. The number of carboxylic acid groups (broad SMARTS) is 1. The van der Waals surface area contributed by atoms with Crippen LogP contribution in [0.3, 0.4) is 0 Å². The normalized spacial score (nSPS) is 12.8. The molecular formula is C11H21F3N3O3PS. The molecule has 0 aromatic heterocycles. The molecule has 22 heavy (non-hydrogen) atoms. The number of rotatable bonds is 10. The van der Waals surface area contributed by atoms with Crippen LogP contribution in [-0.4, -0.2) is 53.2 Å². The van der Waals surface area contributed by atoms with Crippen molar-refractivity contribution in [2.45, 2.75) is 38.4 Å². The van der Waals surface area contributed by atoms with Crippen molar-refractivity contribution in [3.63, 3.8) is 0 Å². The molecular weight excluding hydrogens is 342 g/mol. The van der Waals surface area contributed by atoms with Gasteiger partial charge in [-0.2, -0.15) is 13.2 Å². The molecule has 0 aromatic rings. The quantitative estimate of drug-likeness (QED) is 0.396. The summed E-state index contributed by atoms with van der Waals surface area (Å²) in [6, 6.07) is 0. The van der Waals surface area contributed by atoms with E-state index in [4.69, 9.17) is 16.9 Å². The first-order valence-corrected chi connectivity index (χ1v) is 9.17. The van der Waals surface area contributed by atoms with E-state index in [0.29, 0.717) is 25.9 Å². The standard InChI is InChI=1S/C11H21F3N3O3PS/c1-3-5-15-11(21-22,16-6-4-2)17(7-8(18)19)9(20)10(12,13)14/h15-16H,3-7,21H2,1-2H3,(H,18,19). The van der Waals surface area contributed by atoms with E-state index in [-0.39, 0.29) is 4.90 Å². The van der Waals surface area contributed by atoms with Crippen LogP contribution >= 0.6 is 7.36 Å². The van der Waals surface area contributed by atoms with E-state index in [1.807, 2.05) is 0 Å². The van der Waals surface area contributed by atoms with Crippen LogP contribution in [0.25, 0.3) is 0 Å². The predicted octanol–water partition coefficient (Wildman–Crippen LogP) is 0.945. The van der Waals surface area contributed by atoms with Crippen LogP contribution in [0.4, 0.5) is 13.2 Å². The van der Waals surface area contributed by atoms with Gasteiger partial charge in [-0.05, 0) is 33.3 Å². The molecule has 0 aliphatic carbocycles. The lowest BCUT2D eigenvalue weighted by Crippen LogP contribution is -2.68. The summed E-state index contributed by atoms with van der Waals surface area (Å²) in [7, 11) is -1.16. The number of carbonyl (C=O) groups excluding carboxylic acids is 1. The minimum absolute atomic E-state index is 0.253. The van der Waals surface area contributed by atoms with E-state index in [9.17, 15) is 22.8 Å². The van der Waals surface area contributed by atoms with Crippen molar-refractivity contribution in [3.05, 3.63) is 0 Å². The third-order valence-corrected chi connectivity index (χ3v) is 4.75. The van der Waals surface area contributed by atoms with Gasteiger partial charge in [0.1, 0.15) is 6.54 Å². The monoisotopic (exact) mass is 363 g/mol. The average Bonchev–Trinajstić information content (AvgIpc) is 2.44. The number of hydrogen-bond acceptors (Lipinski definition) is 5. The van der Waals surface area contributed by atoms with Gasteiger partial charge < -0.3 is 5.11 Å². The Kier molecular flexibility index (Phi) is 9.14. The number of aliphatic carboxylic acids is 1. The molecule has 0 aliphatic heterocycles. The molecule has 0 bridgehead atoms. The second kappa shape index (κ2) is 9.44. The summed E-state index contributed by atoms with van der Waals surface area (Å²) in [5.74, 6) is -3.76. The number of halogens is 3. The summed E-state index contributed by atoms with van der Waals surface area (Å²) in [4.78, 5) is 22.8. The zero-order valence-electron chi connectivity index (χ0n) is 12.4. The molecule has 0 saturated carbocycles. The van der Waals surface area contributed by atoms with Gasteiger partial charge in [0.05, 0.1) is 0 Å². The molecule has 1 atom stereocenters. The molecule has 0 aliphatic rings. The van der Waals surface area contributed by atoms with Crippen molar-refractivity contribution in [1.29, 1.82) is 0 Å². The molecule has 1 amide bonds. The van der Waals surface area contributed by atoms with Gasteiger partial charge in [0, 0.05) is 0 Å². The van der Waals surface area contributed by atoms with E-state index in [0.717, 1.165) is 0 Å². The smallest absolute Gasteiger partial charge is 0.471 e. The zero-order valence-corrected chi connectivity index (χ0v) is 14.3. The molecule has 0 radical (unpaired) electrons. The first-order chi connectivity index (χ1) is 10.1. The van der Waals surface area contributed by atoms with Gasteiger partial charge in [0.25, 0.3) is 0 Å². The molecule has 0 spiro atoms. The Morgan fingerprint density at radius 2 is 1.64 bits per heavy atom. The Balaban J connectivity index is 5.72. The Morgan fingerprint density at radius 1 is 1.18 bits per heavy atom. The van der Waals surface area contributed by atoms with Crippen molar-refractivity contribution >= 4 is 31.0 Å². The maximum absolute atomic E-state index is 12.8. The van der Waals surface area contributed by atoms with Crippen LogP contribution in [0.1, 0.15) is 26.7 Å². The summed E-state index contributed by atoms with van der Waals surface area (Å²) in [6.07, 6.45) is -4.00. The summed E-state index contributed by atoms with van der Waals surface area (Å²) in [5, 5.41) is 14.4. The van der Waals surface area contributed by atoms with Gasteiger partial charge in [-0.3, -0.25) is 25.1 Å². The van der Waals surface area contributed by atoms with Crippen molar-refractivity contribution < 1.29 is 27.9 Å². The molecule has 0 saturated heterocycles. The highest BCUT2D eigenvalue weighted by Gasteiger charge is 2.49. The van der Waals surface area contributed by atoms with Gasteiger partial charge in [0.2, 0.25) is 0 Å². The summed E-state index contributed by atoms with van der Waals surface area (Å²) in [5.41, 5.74) is -1.65. The van der Waals surface area contributed by atoms with Crippen molar-refractivity contribution in [2.24, 2.45) is 0 Å². The van der Waals surface area contributed by atoms with Crippen molar-refractivity contribution in [3.8, 4) is 0 Å². The minimum Gasteiger partial charge on any atom is -0.480 e. The molecule has 0 fully saturated rings. The van der Waals surface area contributed by atoms with E-state index in [1.54, 1.807) is 13.8 Å². The number of nitrogens with one attached hydrogen (secondary N) is 2. The van der Waals surface area contributed by atoms with Crippen LogP contribution in [0.5, 0.6) is 0 Å². The Labute approximate surface area is 133 Å². The van der Waals surface area contributed by atoms with Gasteiger partial charge in [0.15, 0.2) is 5.53 Å². The fraction of sp³-hybridized carbons (Fsp3) is 0.818. The van der Waals surface area contributed by atoms with Gasteiger partial charge in [-0.15, -0.1) is 0 Å². The van der Waals surface area contributed by atoms with Crippen molar-refractivity contribution in [1.82, 2.24) is 15.5 Å². The third kappa shape index (κ3) is 6.20. The van der Waals surface area contributed by atoms with E-state index in [1.165, 1.54) is 0 Å². The van der Waals surface area contributed by atoms with Crippen LogP contribution in [0, 0.1) is 0 Å². The predicted molar refractivity (Wildman–Crippen MR) is 81.8 cm³/mol. The topological polar surface area (TPSA) is 81.7 Å². The molecule has 0 rings (SSSR count). The van der Waals surface area contributed by atoms with Gasteiger partial charge in [-0.25, -0.2) is 0 Å². The van der Waals surface area contributed by atoms with Crippen molar-refractivity contribution in [2.75, 3.05) is 19.6 Å². The van der Waals surface area contributed by atoms with Crippen LogP contribution in [0.2, 0.25) is 0 Å². The van der Waals surface area contributed by atoms with E-state index < -0.39 is 37.5 Å². The van der Waals surface area contributed by atoms with Crippen LogP contribution in [0.15, 0.2) is 0 Å². The van der Waals surface area contributed by atoms with E-state index >= 15 is 0 Å². The summed E-state index contributed by atoms with van der Waals surface area (Å²) in [6.45, 7) is 3.09. The number of carbonyl (C=O) groups is 2. The van der Waals surface area contributed by atoms with Gasteiger partial charge in [-0.1, -0.05) is 25.7 Å². The SMILES string of the molecule is CCCNC(NCCC)([PH2]=S)N(CC(=O)O)C(=O)C(F)(F)F. The Hall–Kier alpha value is -0.700. The number of amides is 1. The maximum Gasteiger partial charge on any atom is 0.471 e. The highest BCUT2D eigenvalue weighted by Crippen LogP contribution is 2.28. The maximum atomic E-state index is 12.8. The first-order valence-electron chi connectivity index (χ1n) is 6.71. The Morgan fingerprint density at radius 3 is 1.91 bits per heavy atom. The van der Waals surface area contributed by atoms with Crippen LogP contribution in [-0.2, 0) is 21.4 Å². The lowest BCUT2D eigenvalue weighted by Gasteiger charge is -2.42. The second-order valence-corrected chi connectivity index (χ2v) is 6.30. The highest BCUT2D eigenvalue weighted by molar-refractivity contribution is 7.97.